The summed E-state index contributed by atoms with van der Waals surface area (Å²) in [6.07, 6.45) is 3.01. The number of carbonyl (C=O) groups excluding carboxylic acids is 1. The highest BCUT2D eigenvalue weighted by atomic mass is 16.5. The molecular formula is C17H26N2O2. The SMILES string of the molecule is COc1ccccc1CC(C)(C)C(=O)NCC1CCCN1. The lowest BCUT2D eigenvalue weighted by atomic mass is 9.84. The predicted octanol–water partition coefficient (Wildman–Crippen LogP) is 2.13. The normalized spacial score (nSPS) is 18.5. The maximum atomic E-state index is 12.4. The van der Waals surface area contributed by atoms with E-state index in [9.17, 15) is 4.79 Å². The van der Waals surface area contributed by atoms with E-state index in [1.807, 2.05) is 38.1 Å². The monoisotopic (exact) mass is 290 g/mol. The Hall–Kier alpha value is -1.55. The van der Waals surface area contributed by atoms with Crippen LogP contribution in [-0.2, 0) is 11.2 Å². The number of nitrogens with one attached hydrogen (secondary N) is 2. The van der Waals surface area contributed by atoms with Crippen molar-refractivity contribution in [1.82, 2.24) is 10.6 Å². The van der Waals surface area contributed by atoms with Crippen molar-refractivity contribution in [2.45, 2.75) is 39.2 Å². The summed E-state index contributed by atoms with van der Waals surface area (Å²) in [6.45, 7) is 5.74. The summed E-state index contributed by atoms with van der Waals surface area (Å²) in [4.78, 5) is 12.4. The molecule has 21 heavy (non-hydrogen) atoms. The van der Waals surface area contributed by atoms with Gasteiger partial charge in [0.15, 0.2) is 0 Å². The molecule has 1 heterocycles. The summed E-state index contributed by atoms with van der Waals surface area (Å²) in [7, 11) is 1.66. The molecule has 1 aromatic carbocycles. The summed E-state index contributed by atoms with van der Waals surface area (Å²) < 4.78 is 5.37. The zero-order valence-electron chi connectivity index (χ0n) is 13.2. The van der Waals surface area contributed by atoms with E-state index in [0.29, 0.717) is 19.0 Å². The Labute approximate surface area is 127 Å². The molecule has 1 aliphatic heterocycles. The number of benzene rings is 1. The Morgan fingerprint density at radius 1 is 1.43 bits per heavy atom. The molecule has 1 unspecified atom stereocenters. The smallest absolute Gasteiger partial charge is 0.226 e. The van der Waals surface area contributed by atoms with Gasteiger partial charge in [-0.05, 0) is 37.4 Å². The third-order valence-corrected chi connectivity index (χ3v) is 4.11. The van der Waals surface area contributed by atoms with E-state index in [1.165, 1.54) is 6.42 Å². The number of rotatable bonds is 6. The van der Waals surface area contributed by atoms with Crippen LogP contribution in [0.15, 0.2) is 24.3 Å². The molecule has 2 N–H and O–H groups in total. The molecule has 0 aliphatic carbocycles. The molecule has 1 fully saturated rings. The number of ether oxygens (including phenoxy) is 1. The quantitative estimate of drug-likeness (QED) is 0.844. The Morgan fingerprint density at radius 2 is 2.19 bits per heavy atom. The van der Waals surface area contributed by atoms with Crippen molar-refractivity contribution in [3.05, 3.63) is 29.8 Å². The number of hydrogen-bond acceptors (Lipinski definition) is 3. The molecule has 0 saturated carbocycles. The van der Waals surface area contributed by atoms with Crippen molar-refractivity contribution in [2.24, 2.45) is 5.41 Å². The Bertz CT molecular complexity index is 479. The van der Waals surface area contributed by atoms with E-state index in [-0.39, 0.29) is 5.91 Å². The van der Waals surface area contributed by atoms with Gasteiger partial charge in [-0.2, -0.15) is 0 Å². The van der Waals surface area contributed by atoms with Crippen LogP contribution in [0.2, 0.25) is 0 Å². The molecule has 4 heteroatoms. The van der Waals surface area contributed by atoms with Crippen LogP contribution in [0.1, 0.15) is 32.3 Å². The number of para-hydroxylation sites is 1. The topological polar surface area (TPSA) is 50.4 Å². The second-order valence-electron chi connectivity index (χ2n) is 6.38. The zero-order valence-corrected chi connectivity index (χ0v) is 13.2. The molecule has 1 aromatic rings. The lowest BCUT2D eigenvalue weighted by Gasteiger charge is -2.25. The first-order valence-electron chi connectivity index (χ1n) is 7.66. The largest absolute Gasteiger partial charge is 0.496 e. The summed E-state index contributed by atoms with van der Waals surface area (Å²) in [6, 6.07) is 8.31. The van der Waals surface area contributed by atoms with Gasteiger partial charge in [-0.25, -0.2) is 0 Å². The standard InChI is InChI=1S/C17H26N2O2/c1-17(2,11-13-7-4-5-9-15(13)21-3)16(20)19-12-14-8-6-10-18-14/h4-5,7,9,14,18H,6,8,10-12H2,1-3H3,(H,19,20). The second kappa shape index (κ2) is 6.94. The lowest BCUT2D eigenvalue weighted by Crippen LogP contribution is -2.43. The Kier molecular flexibility index (Phi) is 5.23. The molecule has 1 atom stereocenters. The number of hydrogen-bond donors (Lipinski definition) is 2. The first-order chi connectivity index (χ1) is 10.0. The molecule has 1 aliphatic rings. The fraction of sp³-hybridized carbons (Fsp3) is 0.588. The molecule has 0 spiro atoms. The molecule has 0 bridgehead atoms. The predicted molar refractivity (Wildman–Crippen MR) is 84.5 cm³/mol. The molecule has 1 amide bonds. The summed E-state index contributed by atoms with van der Waals surface area (Å²) in [5.41, 5.74) is 0.617. The third-order valence-electron chi connectivity index (χ3n) is 4.11. The van der Waals surface area contributed by atoms with E-state index in [2.05, 4.69) is 10.6 Å². The third kappa shape index (κ3) is 4.21. The van der Waals surface area contributed by atoms with Crippen LogP contribution in [0.4, 0.5) is 0 Å². The van der Waals surface area contributed by atoms with Crippen LogP contribution >= 0.6 is 0 Å². The zero-order chi connectivity index (χ0) is 15.3. The summed E-state index contributed by atoms with van der Waals surface area (Å²) in [5, 5.41) is 6.48. The second-order valence-corrected chi connectivity index (χ2v) is 6.38. The molecular weight excluding hydrogens is 264 g/mol. The number of methoxy groups -OCH3 is 1. The van der Waals surface area contributed by atoms with Crippen LogP contribution in [0.3, 0.4) is 0 Å². The van der Waals surface area contributed by atoms with Crippen molar-refractivity contribution in [2.75, 3.05) is 20.2 Å². The van der Waals surface area contributed by atoms with Gasteiger partial charge in [0.2, 0.25) is 5.91 Å². The average molecular weight is 290 g/mol. The van der Waals surface area contributed by atoms with Crippen molar-refractivity contribution in [3.8, 4) is 5.75 Å². The highest BCUT2D eigenvalue weighted by Crippen LogP contribution is 2.27. The van der Waals surface area contributed by atoms with Gasteiger partial charge in [0, 0.05) is 18.0 Å². The fourth-order valence-corrected chi connectivity index (χ4v) is 2.79. The van der Waals surface area contributed by atoms with Gasteiger partial charge < -0.3 is 15.4 Å². The van der Waals surface area contributed by atoms with E-state index < -0.39 is 5.41 Å². The minimum absolute atomic E-state index is 0.0992. The molecule has 116 valence electrons. The van der Waals surface area contributed by atoms with E-state index >= 15 is 0 Å². The molecule has 4 nitrogen and oxygen atoms in total. The molecule has 1 saturated heterocycles. The average Bonchev–Trinajstić information content (AvgIpc) is 2.98. The van der Waals surface area contributed by atoms with Crippen LogP contribution in [0, 0.1) is 5.41 Å². The maximum Gasteiger partial charge on any atom is 0.226 e. The Morgan fingerprint density at radius 3 is 2.86 bits per heavy atom. The summed E-state index contributed by atoms with van der Waals surface area (Å²) >= 11 is 0. The number of amides is 1. The maximum absolute atomic E-state index is 12.4. The van der Waals surface area contributed by atoms with Crippen molar-refractivity contribution in [1.29, 1.82) is 0 Å². The molecule has 0 radical (unpaired) electrons. The minimum Gasteiger partial charge on any atom is -0.496 e. The molecule has 2 rings (SSSR count). The van der Waals surface area contributed by atoms with Crippen LogP contribution < -0.4 is 15.4 Å². The van der Waals surface area contributed by atoms with Gasteiger partial charge in [0.05, 0.1) is 7.11 Å². The summed E-state index contributed by atoms with van der Waals surface area (Å²) in [5.74, 6) is 0.943. The van der Waals surface area contributed by atoms with E-state index in [4.69, 9.17) is 4.74 Å². The first-order valence-corrected chi connectivity index (χ1v) is 7.66. The Balaban J connectivity index is 1.94. The van der Waals surface area contributed by atoms with Crippen molar-refractivity contribution < 1.29 is 9.53 Å². The van der Waals surface area contributed by atoms with Gasteiger partial charge in [0.25, 0.3) is 0 Å². The van der Waals surface area contributed by atoms with Crippen molar-refractivity contribution in [3.63, 3.8) is 0 Å². The minimum atomic E-state index is -0.451. The van der Waals surface area contributed by atoms with Gasteiger partial charge in [-0.3, -0.25) is 4.79 Å². The highest BCUT2D eigenvalue weighted by molar-refractivity contribution is 5.82. The van der Waals surface area contributed by atoms with Gasteiger partial charge in [0.1, 0.15) is 5.75 Å². The lowest BCUT2D eigenvalue weighted by molar-refractivity contribution is -0.129. The highest BCUT2D eigenvalue weighted by Gasteiger charge is 2.29. The van der Waals surface area contributed by atoms with E-state index in [0.717, 1.165) is 24.3 Å². The number of carbonyl (C=O) groups is 1. The van der Waals surface area contributed by atoms with E-state index in [1.54, 1.807) is 7.11 Å². The fourth-order valence-electron chi connectivity index (χ4n) is 2.79. The first kappa shape index (κ1) is 15.8. The van der Waals surface area contributed by atoms with Crippen LogP contribution in [0.5, 0.6) is 5.75 Å². The van der Waals surface area contributed by atoms with Crippen LogP contribution in [0.25, 0.3) is 0 Å². The van der Waals surface area contributed by atoms with Gasteiger partial charge in [-0.15, -0.1) is 0 Å². The molecule has 0 aromatic heterocycles. The van der Waals surface area contributed by atoms with Crippen LogP contribution in [-0.4, -0.2) is 32.1 Å². The van der Waals surface area contributed by atoms with Gasteiger partial charge in [-0.1, -0.05) is 32.0 Å². The van der Waals surface area contributed by atoms with Gasteiger partial charge >= 0.3 is 0 Å². The van der Waals surface area contributed by atoms with Crippen molar-refractivity contribution >= 4 is 5.91 Å².